The first-order valence-corrected chi connectivity index (χ1v) is 7.96. The normalized spacial score (nSPS) is 11.1. The lowest BCUT2D eigenvalue weighted by Crippen LogP contribution is -2.14. The van der Waals surface area contributed by atoms with E-state index in [2.05, 4.69) is 10.3 Å². The van der Waals surface area contributed by atoms with E-state index >= 15 is 0 Å². The highest BCUT2D eigenvalue weighted by atomic mass is 35.7. The van der Waals surface area contributed by atoms with Crippen molar-refractivity contribution in [2.75, 3.05) is 5.32 Å². The molecular weight excluding hydrogens is 300 g/mol. The molecule has 1 aromatic carbocycles. The summed E-state index contributed by atoms with van der Waals surface area (Å²) in [6.45, 7) is 1.68. The number of hydrogen-bond acceptors (Lipinski definition) is 4. The van der Waals surface area contributed by atoms with Gasteiger partial charge in [-0.15, -0.1) is 0 Å². The molecule has 104 valence electrons. The van der Waals surface area contributed by atoms with Gasteiger partial charge in [0.2, 0.25) is 0 Å². The van der Waals surface area contributed by atoms with Gasteiger partial charge >= 0.3 is 0 Å². The summed E-state index contributed by atoms with van der Waals surface area (Å²) in [5.74, 6) is -0.366. The van der Waals surface area contributed by atoms with Crippen molar-refractivity contribution < 1.29 is 13.2 Å². The lowest BCUT2D eigenvalue weighted by molar-refractivity contribution is 0.102. The SMILES string of the molecule is Cc1cc(S(=O)(=O)Cl)ccc1NC(=O)c1ccccn1. The molecule has 2 rings (SSSR count). The molecule has 1 amide bonds. The van der Waals surface area contributed by atoms with Crippen molar-refractivity contribution in [2.24, 2.45) is 0 Å². The van der Waals surface area contributed by atoms with E-state index in [1.165, 1.54) is 24.4 Å². The molecule has 0 bridgehead atoms. The number of carbonyl (C=O) groups is 1. The summed E-state index contributed by atoms with van der Waals surface area (Å²) in [4.78, 5) is 15.9. The number of halogens is 1. The predicted octanol–water partition coefficient (Wildman–Crippen LogP) is 2.57. The van der Waals surface area contributed by atoms with E-state index in [-0.39, 0.29) is 16.5 Å². The van der Waals surface area contributed by atoms with Gasteiger partial charge in [-0.1, -0.05) is 6.07 Å². The Labute approximate surface area is 121 Å². The minimum absolute atomic E-state index is 0.00694. The Morgan fingerprint density at radius 2 is 2.00 bits per heavy atom. The van der Waals surface area contributed by atoms with E-state index in [9.17, 15) is 13.2 Å². The summed E-state index contributed by atoms with van der Waals surface area (Å²) >= 11 is 0. The van der Waals surface area contributed by atoms with Gasteiger partial charge in [0.15, 0.2) is 0 Å². The monoisotopic (exact) mass is 310 g/mol. The smallest absolute Gasteiger partial charge is 0.274 e. The molecule has 0 aliphatic heterocycles. The molecule has 20 heavy (non-hydrogen) atoms. The molecule has 1 N–H and O–H groups in total. The molecule has 1 aromatic heterocycles. The molecule has 0 aliphatic carbocycles. The van der Waals surface area contributed by atoms with Gasteiger partial charge in [0, 0.05) is 22.6 Å². The molecule has 0 atom stereocenters. The van der Waals surface area contributed by atoms with Crippen LogP contribution in [0.2, 0.25) is 0 Å². The lowest BCUT2D eigenvalue weighted by Gasteiger charge is -2.08. The standard InChI is InChI=1S/C13H11ClN2O3S/c1-9-8-10(20(14,18)19)5-6-11(9)16-13(17)12-4-2-3-7-15-12/h2-8H,1H3,(H,16,17). The van der Waals surface area contributed by atoms with Crippen molar-refractivity contribution in [2.45, 2.75) is 11.8 Å². The third-order valence-corrected chi connectivity index (χ3v) is 3.98. The highest BCUT2D eigenvalue weighted by Gasteiger charge is 2.13. The number of rotatable bonds is 3. The van der Waals surface area contributed by atoms with E-state index < -0.39 is 9.05 Å². The second-order valence-electron chi connectivity index (χ2n) is 4.08. The van der Waals surface area contributed by atoms with Gasteiger partial charge in [0.05, 0.1) is 4.90 Å². The summed E-state index contributed by atoms with van der Waals surface area (Å²) < 4.78 is 22.4. The highest BCUT2D eigenvalue weighted by molar-refractivity contribution is 8.13. The first kappa shape index (κ1) is 14.5. The molecule has 5 nitrogen and oxygen atoms in total. The molecule has 0 spiro atoms. The van der Waals surface area contributed by atoms with Gasteiger partial charge in [-0.05, 0) is 42.8 Å². The number of hydrogen-bond donors (Lipinski definition) is 1. The van der Waals surface area contributed by atoms with E-state index in [0.29, 0.717) is 11.3 Å². The van der Waals surface area contributed by atoms with Gasteiger partial charge in [-0.25, -0.2) is 8.42 Å². The van der Waals surface area contributed by atoms with Gasteiger partial charge in [0.25, 0.3) is 15.0 Å². The van der Waals surface area contributed by atoms with Crippen LogP contribution in [0, 0.1) is 6.92 Å². The summed E-state index contributed by atoms with van der Waals surface area (Å²) in [5.41, 5.74) is 1.38. The maximum atomic E-state index is 11.9. The van der Waals surface area contributed by atoms with E-state index in [1.807, 2.05) is 0 Å². The number of anilines is 1. The fraction of sp³-hybridized carbons (Fsp3) is 0.0769. The van der Waals surface area contributed by atoms with Crippen molar-refractivity contribution in [3.05, 3.63) is 53.9 Å². The first-order valence-electron chi connectivity index (χ1n) is 5.65. The second-order valence-corrected chi connectivity index (χ2v) is 6.65. The zero-order valence-corrected chi connectivity index (χ0v) is 12.1. The first-order chi connectivity index (χ1) is 9.38. The van der Waals surface area contributed by atoms with Crippen LogP contribution in [0.15, 0.2) is 47.5 Å². The average Bonchev–Trinajstić information content (AvgIpc) is 2.41. The van der Waals surface area contributed by atoms with Gasteiger partial charge in [-0.3, -0.25) is 9.78 Å². The summed E-state index contributed by atoms with van der Waals surface area (Å²) in [6, 6.07) is 9.23. The third kappa shape index (κ3) is 3.34. The zero-order chi connectivity index (χ0) is 14.8. The Morgan fingerprint density at radius 1 is 1.25 bits per heavy atom. The van der Waals surface area contributed by atoms with Crippen LogP contribution < -0.4 is 5.32 Å². The Balaban J connectivity index is 2.25. The molecule has 0 saturated heterocycles. The van der Waals surface area contributed by atoms with Crippen LogP contribution in [0.4, 0.5) is 5.69 Å². The Bertz CT molecular complexity index is 745. The average molecular weight is 311 g/mol. The maximum Gasteiger partial charge on any atom is 0.274 e. The fourth-order valence-electron chi connectivity index (χ4n) is 1.61. The topological polar surface area (TPSA) is 76.1 Å². The van der Waals surface area contributed by atoms with Crippen LogP contribution in [0.1, 0.15) is 16.1 Å². The summed E-state index contributed by atoms with van der Waals surface area (Å²) in [6.07, 6.45) is 1.52. The van der Waals surface area contributed by atoms with Crippen LogP contribution in [0.25, 0.3) is 0 Å². The lowest BCUT2D eigenvalue weighted by atomic mass is 10.2. The second kappa shape index (κ2) is 5.60. The maximum absolute atomic E-state index is 11.9. The predicted molar refractivity (Wildman–Crippen MR) is 76.4 cm³/mol. The molecule has 1 heterocycles. The van der Waals surface area contributed by atoms with Crippen LogP contribution >= 0.6 is 10.7 Å². The molecule has 0 fully saturated rings. The molecule has 2 aromatic rings. The Kier molecular flexibility index (Phi) is 4.06. The number of benzene rings is 1. The third-order valence-electron chi connectivity index (χ3n) is 2.63. The van der Waals surface area contributed by atoms with Crippen molar-refractivity contribution in [1.29, 1.82) is 0 Å². The molecule has 0 aliphatic rings. The number of nitrogens with one attached hydrogen (secondary N) is 1. The number of carbonyl (C=O) groups excluding carboxylic acids is 1. The minimum Gasteiger partial charge on any atom is -0.320 e. The zero-order valence-electron chi connectivity index (χ0n) is 10.5. The van der Waals surface area contributed by atoms with Crippen molar-refractivity contribution in [3.8, 4) is 0 Å². The minimum atomic E-state index is -3.78. The molecule has 0 unspecified atom stereocenters. The molecule has 0 radical (unpaired) electrons. The van der Waals surface area contributed by atoms with Gasteiger partial charge in [0.1, 0.15) is 5.69 Å². The van der Waals surface area contributed by atoms with Gasteiger partial charge in [-0.2, -0.15) is 0 Å². The number of aromatic nitrogens is 1. The number of pyridine rings is 1. The van der Waals surface area contributed by atoms with E-state index in [0.717, 1.165) is 0 Å². The largest absolute Gasteiger partial charge is 0.320 e. The van der Waals surface area contributed by atoms with Crippen molar-refractivity contribution in [1.82, 2.24) is 4.98 Å². The quantitative estimate of drug-likeness (QED) is 0.884. The molecule has 7 heteroatoms. The van der Waals surface area contributed by atoms with E-state index in [4.69, 9.17) is 10.7 Å². The van der Waals surface area contributed by atoms with Crippen molar-refractivity contribution >= 4 is 31.3 Å². The Hall–Kier alpha value is -1.92. The fourth-order valence-corrected chi connectivity index (χ4v) is 2.45. The number of nitrogens with zero attached hydrogens (tertiary/aromatic N) is 1. The van der Waals surface area contributed by atoms with Crippen LogP contribution in [0.5, 0.6) is 0 Å². The number of aryl methyl sites for hydroxylation is 1. The Morgan fingerprint density at radius 3 is 2.55 bits per heavy atom. The highest BCUT2D eigenvalue weighted by Crippen LogP contribution is 2.22. The molecular formula is C13H11ClN2O3S. The van der Waals surface area contributed by atoms with Crippen LogP contribution in [-0.4, -0.2) is 19.3 Å². The summed E-state index contributed by atoms with van der Waals surface area (Å²) in [7, 11) is 1.48. The van der Waals surface area contributed by atoms with Gasteiger partial charge < -0.3 is 5.32 Å². The van der Waals surface area contributed by atoms with E-state index in [1.54, 1.807) is 25.1 Å². The van der Waals surface area contributed by atoms with Crippen molar-refractivity contribution in [3.63, 3.8) is 0 Å². The van der Waals surface area contributed by atoms with Crippen LogP contribution in [0.3, 0.4) is 0 Å². The number of amides is 1. The molecule has 0 saturated carbocycles. The summed E-state index contributed by atoms with van der Waals surface area (Å²) in [5, 5.41) is 2.67. The van der Waals surface area contributed by atoms with Crippen LogP contribution in [-0.2, 0) is 9.05 Å².